The topological polar surface area (TPSA) is 81.1 Å². The Bertz CT molecular complexity index is 532. The molecule has 0 aliphatic heterocycles. The monoisotopic (exact) mass is 275 g/mol. The molecule has 0 aliphatic rings. The average Bonchev–Trinajstić information content (AvgIpc) is 2.86. The molecule has 6 nitrogen and oxygen atoms in total. The van der Waals surface area contributed by atoms with Crippen LogP contribution in [0.5, 0.6) is 0 Å². The highest BCUT2D eigenvalue weighted by molar-refractivity contribution is 5.04. The minimum absolute atomic E-state index is 0.533. The Balaban J connectivity index is 1.85. The van der Waals surface area contributed by atoms with Gasteiger partial charge in [0.25, 0.3) is 0 Å². The molecule has 2 heterocycles. The molecule has 0 saturated heterocycles. The molecular weight excluding hydrogens is 254 g/mol. The molecule has 2 aromatic heterocycles. The molecule has 108 valence electrons. The zero-order chi connectivity index (χ0) is 14.6. The van der Waals surface area contributed by atoms with Crippen LogP contribution in [0.15, 0.2) is 28.9 Å². The van der Waals surface area contributed by atoms with Crippen molar-refractivity contribution in [2.75, 3.05) is 13.6 Å². The Morgan fingerprint density at radius 2 is 2.15 bits per heavy atom. The van der Waals surface area contributed by atoms with E-state index in [1.54, 1.807) is 0 Å². The summed E-state index contributed by atoms with van der Waals surface area (Å²) in [5.74, 6) is 1.12. The van der Waals surface area contributed by atoms with Gasteiger partial charge < -0.3 is 10.3 Å². The minimum Gasteiger partial charge on any atom is -0.338 e. The van der Waals surface area contributed by atoms with Gasteiger partial charge in [0, 0.05) is 24.9 Å². The minimum atomic E-state index is -0.575. The molecule has 20 heavy (non-hydrogen) atoms. The van der Waals surface area contributed by atoms with Crippen LogP contribution in [-0.2, 0) is 18.5 Å². The molecule has 2 rings (SSSR count). The van der Waals surface area contributed by atoms with Gasteiger partial charge in [0.05, 0.1) is 12.1 Å². The predicted octanol–water partition coefficient (Wildman–Crippen LogP) is 1.33. The van der Waals surface area contributed by atoms with Crippen LogP contribution < -0.4 is 5.73 Å². The quantitative estimate of drug-likeness (QED) is 0.856. The smallest absolute Gasteiger partial charge is 0.240 e. The average molecular weight is 275 g/mol. The van der Waals surface area contributed by atoms with Gasteiger partial charge >= 0.3 is 0 Å². The molecule has 2 N–H and O–H groups in total. The maximum absolute atomic E-state index is 5.93. The van der Waals surface area contributed by atoms with Crippen molar-refractivity contribution in [2.45, 2.75) is 32.4 Å². The first kappa shape index (κ1) is 14.6. The van der Waals surface area contributed by atoms with Gasteiger partial charge in [-0.05, 0) is 33.0 Å². The predicted molar refractivity (Wildman–Crippen MR) is 75.8 cm³/mol. The summed E-state index contributed by atoms with van der Waals surface area (Å²) in [5.41, 5.74) is 6.43. The Hall–Kier alpha value is -1.79. The van der Waals surface area contributed by atoms with Crippen LogP contribution in [0.25, 0.3) is 0 Å². The van der Waals surface area contributed by atoms with Gasteiger partial charge in [-0.2, -0.15) is 4.98 Å². The summed E-state index contributed by atoms with van der Waals surface area (Å²) < 4.78 is 5.22. The van der Waals surface area contributed by atoms with Gasteiger partial charge in [0.2, 0.25) is 5.89 Å². The van der Waals surface area contributed by atoms with E-state index in [0.717, 1.165) is 18.7 Å². The number of hydrogen-bond acceptors (Lipinski definition) is 6. The molecule has 0 fully saturated rings. The maximum Gasteiger partial charge on any atom is 0.240 e. The number of aromatic nitrogens is 3. The van der Waals surface area contributed by atoms with Crippen molar-refractivity contribution in [1.82, 2.24) is 20.0 Å². The third-order valence-corrected chi connectivity index (χ3v) is 2.93. The van der Waals surface area contributed by atoms with Gasteiger partial charge in [-0.3, -0.25) is 9.88 Å². The van der Waals surface area contributed by atoms with E-state index in [1.807, 2.05) is 45.3 Å². The number of nitrogens with two attached hydrogens (primary N) is 1. The molecule has 0 aliphatic carbocycles. The zero-order valence-corrected chi connectivity index (χ0v) is 12.2. The van der Waals surface area contributed by atoms with Crippen LogP contribution in [-0.4, -0.2) is 33.6 Å². The van der Waals surface area contributed by atoms with Gasteiger partial charge in [0.1, 0.15) is 0 Å². The summed E-state index contributed by atoms with van der Waals surface area (Å²) >= 11 is 0. The lowest BCUT2D eigenvalue weighted by Gasteiger charge is -2.14. The fourth-order valence-electron chi connectivity index (χ4n) is 1.74. The van der Waals surface area contributed by atoms with Crippen molar-refractivity contribution < 1.29 is 4.52 Å². The molecule has 0 aromatic carbocycles. The summed E-state index contributed by atoms with van der Waals surface area (Å²) in [7, 11) is 2.01. The molecule has 0 bridgehead atoms. The van der Waals surface area contributed by atoms with Crippen molar-refractivity contribution >= 4 is 0 Å². The third kappa shape index (κ3) is 4.11. The van der Waals surface area contributed by atoms with Crippen LogP contribution in [0.4, 0.5) is 0 Å². The normalized spacial score (nSPS) is 12.1. The third-order valence-electron chi connectivity index (χ3n) is 2.93. The fourth-order valence-corrected chi connectivity index (χ4v) is 1.74. The van der Waals surface area contributed by atoms with Crippen molar-refractivity contribution in [2.24, 2.45) is 5.73 Å². The van der Waals surface area contributed by atoms with E-state index in [4.69, 9.17) is 10.3 Å². The van der Waals surface area contributed by atoms with E-state index in [1.165, 1.54) is 0 Å². The summed E-state index contributed by atoms with van der Waals surface area (Å²) in [4.78, 5) is 10.7. The van der Waals surface area contributed by atoms with Crippen LogP contribution in [0.2, 0.25) is 0 Å². The van der Waals surface area contributed by atoms with Crippen LogP contribution in [0, 0.1) is 0 Å². The highest BCUT2D eigenvalue weighted by Gasteiger charge is 2.21. The number of hydrogen-bond donors (Lipinski definition) is 1. The first-order valence-corrected chi connectivity index (χ1v) is 6.65. The van der Waals surface area contributed by atoms with Crippen molar-refractivity contribution in [1.29, 1.82) is 0 Å². The molecule has 6 heteroatoms. The van der Waals surface area contributed by atoms with Crippen LogP contribution in [0.1, 0.15) is 31.3 Å². The van der Waals surface area contributed by atoms with Crippen LogP contribution >= 0.6 is 0 Å². The number of likely N-dealkylation sites (N-methyl/N-ethyl adjacent to an activating group) is 1. The van der Waals surface area contributed by atoms with E-state index < -0.39 is 5.54 Å². The highest BCUT2D eigenvalue weighted by atomic mass is 16.5. The number of rotatable bonds is 6. The molecule has 0 amide bonds. The molecule has 0 radical (unpaired) electrons. The SMILES string of the molecule is CN(CCc1ccccn1)Cc1nc(C(C)(C)N)no1. The summed E-state index contributed by atoms with van der Waals surface area (Å²) in [6.07, 6.45) is 2.70. The van der Waals surface area contributed by atoms with E-state index in [2.05, 4.69) is 20.0 Å². The molecule has 0 saturated carbocycles. The molecular formula is C14H21N5O. The molecule has 0 atom stereocenters. The highest BCUT2D eigenvalue weighted by Crippen LogP contribution is 2.13. The lowest BCUT2D eigenvalue weighted by Crippen LogP contribution is -2.30. The molecule has 2 aromatic rings. The number of nitrogens with zero attached hydrogens (tertiary/aromatic N) is 4. The lowest BCUT2D eigenvalue weighted by molar-refractivity contribution is 0.267. The largest absolute Gasteiger partial charge is 0.338 e. The van der Waals surface area contributed by atoms with E-state index in [0.29, 0.717) is 18.3 Å². The molecule has 0 unspecified atom stereocenters. The second kappa shape index (κ2) is 6.11. The van der Waals surface area contributed by atoms with Crippen molar-refractivity contribution in [3.63, 3.8) is 0 Å². The van der Waals surface area contributed by atoms with E-state index in [9.17, 15) is 0 Å². The number of pyridine rings is 1. The Kier molecular flexibility index (Phi) is 4.46. The maximum atomic E-state index is 5.93. The Morgan fingerprint density at radius 1 is 1.35 bits per heavy atom. The summed E-state index contributed by atoms with van der Waals surface area (Å²) in [6.45, 7) is 5.19. The van der Waals surface area contributed by atoms with Crippen molar-refractivity contribution in [3.05, 3.63) is 41.8 Å². The second-order valence-electron chi connectivity index (χ2n) is 5.54. The fraction of sp³-hybridized carbons (Fsp3) is 0.500. The van der Waals surface area contributed by atoms with E-state index in [-0.39, 0.29) is 0 Å². The Labute approximate surface area is 119 Å². The van der Waals surface area contributed by atoms with E-state index >= 15 is 0 Å². The van der Waals surface area contributed by atoms with Crippen LogP contribution in [0.3, 0.4) is 0 Å². The summed E-state index contributed by atoms with van der Waals surface area (Å²) in [6, 6.07) is 5.94. The standard InChI is InChI=1S/C14H21N5O/c1-14(2,15)13-17-12(20-18-13)10-19(3)9-7-11-6-4-5-8-16-11/h4-6,8H,7,9-10,15H2,1-3H3. The van der Waals surface area contributed by atoms with Gasteiger partial charge in [-0.1, -0.05) is 11.2 Å². The first-order chi connectivity index (χ1) is 9.45. The summed E-state index contributed by atoms with van der Waals surface area (Å²) in [5, 5.41) is 3.91. The van der Waals surface area contributed by atoms with Gasteiger partial charge in [0.15, 0.2) is 5.82 Å². The first-order valence-electron chi connectivity index (χ1n) is 6.65. The van der Waals surface area contributed by atoms with Gasteiger partial charge in [-0.25, -0.2) is 0 Å². The zero-order valence-electron chi connectivity index (χ0n) is 12.2. The van der Waals surface area contributed by atoms with Crippen molar-refractivity contribution in [3.8, 4) is 0 Å². The Morgan fingerprint density at radius 3 is 2.75 bits per heavy atom. The second-order valence-corrected chi connectivity index (χ2v) is 5.54. The molecule has 0 spiro atoms. The van der Waals surface area contributed by atoms with Gasteiger partial charge in [-0.15, -0.1) is 0 Å². The lowest BCUT2D eigenvalue weighted by atomic mass is 10.1.